The summed E-state index contributed by atoms with van der Waals surface area (Å²) in [7, 11) is 0. The van der Waals surface area contributed by atoms with E-state index in [1.54, 1.807) is 68.6 Å². The van der Waals surface area contributed by atoms with Gasteiger partial charge in [0.1, 0.15) is 11.8 Å². The second-order valence-electron chi connectivity index (χ2n) is 15.5. The van der Waals surface area contributed by atoms with Crippen LogP contribution in [0.25, 0.3) is 22.4 Å². The fourth-order valence-electron chi connectivity index (χ4n) is 7.58. The van der Waals surface area contributed by atoms with Crippen molar-refractivity contribution >= 4 is 63.0 Å². The average Bonchev–Trinajstić information content (AvgIpc) is 3.33. The molecule has 19 nitrogen and oxygen atoms in total. The summed E-state index contributed by atoms with van der Waals surface area (Å²) in [4.78, 5) is 84.3. The van der Waals surface area contributed by atoms with Gasteiger partial charge in [-0.1, -0.05) is 30.3 Å². The predicted octanol–water partition coefficient (Wildman–Crippen LogP) is 9.93. The van der Waals surface area contributed by atoms with Crippen molar-refractivity contribution in [1.29, 1.82) is 5.26 Å². The van der Waals surface area contributed by atoms with Crippen LogP contribution in [-0.4, -0.2) is 53.9 Å². The predicted molar refractivity (Wildman–Crippen MR) is 244 cm³/mol. The van der Waals surface area contributed by atoms with Crippen molar-refractivity contribution < 1.29 is 38.8 Å². The standard InChI is InChI=1S/C26H22N2O6.C14H9N3O2.C8H8N2O4/c29-24-21-5-1-3-17-4-2-6-22(23(17)21)25(30)27(24)15-16-7-9-18(10-8-16)26(31)34-20-13-11-19(12-14-20)28(32)33;15-10-12(14-3-1-2-8-16-14)9-11-4-6-13(7-5-11)17(18)19;1-5-3-7(9(11)12)4-8(6(5)2)10(13)14/h1-6,11-14,16,18H,7-10,15H2;1-9H;3-4H,1-2H3/b;12-9+;. The number of ether oxygens (including phenoxy) is 1. The van der Waals surface area contributed by atoms with Crippen LogP contribution in [0.1, 0.15) is 68.8 Å². The summed E-state index contributed by atoms with van der Waals surface area (Å²) in [6, 6.07) is 32.1. The van der Waals surface area contributed by atoms with Crippen LogP contribution in [0.2, 0.25) is 0 Å². The van der Waals surface area contributed by atoms with Crippen molar-refractivity contribution in [2.75, 3.05) is 6.54 Å². The summed E-state index contributed by atoms with van der Waals surface area (Å²) >= 11 is 0. The van der Waals surface area contributed by atoms with Crippen LogP contribution in [0.3, 0.4) is 0 Å². The molecule has 2 heterocycles. The normalized spacial score (nSPS) is 15.2. The third kappa shape index (κ3) is 11.4. The Bertz CT molecular complexity index is 2930. The van der Waals surface area contributed by atoms with E-state index in [9.17, 15) is 54.8 Å². The molecule has 1 aliphatic carbocycles. The van der Waals surface area contributed by atoms with Gasteiger partial charge in [0, 0.05) is 65.2 Å². The lowest BCUT2D eigenvalue weighted by Crippen LogP contribution is -2.44. The van der Waals surface area contributed by atoms with Gasteiger partial charge in [-0.25, -0.2) is 0 Å². The average molecular weight is 906 g/mol. The first-order chi connectivity index (χ1) is 32.1. The number of esters is 1. The van der Waals surface area contributed by atoms with Gasteiger partial charge in [0.15, 0.2) is 0 Å². The maximum Gasteiger partial charge on any atom is 0.314 e. The molecule has 0 N–H and O–H groups in total. The number of aromatic nitrogens is 1. The molecule has 2 amide bonds. The molecule has 1 fully saturated rings. The highest BCUT2D eigenvalue weighted by molar-refractivity contribution is 6.25. The van der Waals surface area contributed by atoms with E-state index in [-0.39, 0.29) is 58.1 Å². The molecule has 0 saturated heterocycles. The molecule has 0 atom stereocenters. The number of carbonyl (C=O) groups is 3. The van der Waals surface area contributed by atoms with E-state index < -0.39 is 19.7 Å². The van der Waals surface area contributed by atoms with Gasteiger partial charge in [0.2, 0.25) is 0 Å². The summed E-state index contributed by atoms with van der Waals surface area (Å²) in [6.07, 6.45) is 5.84. The molecule has 1 aromatic heterocycles. The number of aryl methyl sites for hydroxylation is 1. The van der Waals surface area contributed by atoms with Crippen LogP contribution < -0.4 is 4.74 Å². The maximum atomic E-state index is 13.1. The zero-order valence-electron chi connectivity index (χ0n) is 35.8. The number of nitrogens with zero attached hydrogens (tertiary/aromatic N) is 7. The fraction of sp³-hybridized carbons (Fsp3) is 0.188. The van der Waals surface area contributed by atoms with Gasteiger partial charge in [-0.2, -0.15) is 5.26 Å². The van der Waals surface area contributed by atoms with Crippen molar-refractivity contribution in [3.8, 4) is 11.8 Å². The first kappa shape index (κ1) is 47.4. The quantitative estimate of drug-likeness (QED) is 0.0309. The highest BCUT2D eigenvalue weighted by Crippen LogP contribution is 2.35. The van der Waals surface area contributed by atoms with Crippen LogP contribution in [0.5, 0.6) is 5.75 Å². The number of non-ortho nitro benzene ring substituents is 3. The van der Waals surface area contributed by atoms with Gasteiger partial charge < -0.3 is 4.74 Å². The zero-order valence-corrected chi connectivity index (χ0v) is 35.8. The number of rotatable bonds is 10. The van der Waals surface area contributed by atoms with E-state index in [2.05, 4.69) is 11.1 Å². The summed E-state index contributed by atoms with van der Waals surface area (Å²) < 4.78 is 5.40. The second kappa shape index (κ2) is 21.1. The highest BCUT2D eigenvalue weighted by atomic mass is 16.6. The SMILES string of the molecule is Cc1cc([N+](=O)[O-])cc([N+](=O)[O-])c1C.N#C/C(=C\c1ccc([N+](=O)[O-])cc1)c1ccccn1.O=C(Oc1ccc([N+](=O)[O-])cc1)C1CCC(CN2C(=O)c3cccc4cccc(c34)C2=O)CC1. The van der Waals surface area contributed by atoms with E-state index in [0.29, 0.717) is 76.7 Å². The summed E-state index contributed by atoms with van der Waals surface area (Å²) in [5.41, 5.74) is 3.30. The molecule has 67 heavy (non-hydrogen) atoms. The van der Waals surface area contributed by atoms with Gasteiger partial charge in [0.25, 0.3) is 34.6 Å². The Morgan fingerprint density at radius 1 is 0.731 bits per heavy atom. The molecule has 0 bridgehead atoms. The number of imide groups is 1. The number of carbonyl (C=O) groups excluding carboxylic acids is 3. The molecule has 0 unspecified atom stereocenters. The van der Waals surface area contributed by atoms with Crippen LogP contribution in [-0.2, 0) is 4.79 Å². The molecule has 5 aromatic carbocycles. The highest BCUT2D eigenvalue weighted by Gasteiger charge is 2.36. The van der Waals surface area contributed by atoms with Crippen molar-refractivity contribution in [3.63, 3.8) is 0 Å². The molecule has 0 radical (unpaired) electrons. The minimum Gasteiger partial charge on any atom is -0.426 e. The van der Waals surface area contributed by atoms with Gasteiger partial charge in [-0.15, -0.1) is 0 Å². The number of allylic oxidation sites excluding steroid dienone is 1. The van der Waals surface area contributed by atoms with Gasteiger partial charge in [-0.3, -0.25) is 64.7 Å². The van der Waals surface area contributed by atoms with Gasteiger partial charge in [-0.05, 0) is 117 Å². The minimum absolute atomic E-state index is 0.0218. The fourth-order valence-corrected chi connectivity index (χ4v) is 7.58. The molecular weight excluding hydrogens is 867 g/mol. The Hall–Kier alpha value is -9.05. The number of nitriles is 1. The van der Waals surface area contributed by atoms with E-state index >= 15 is 0 Å². The lowest BCUT2D eigenvalue weighted by molar-refractivity contribution is -0.394. The molecule has 8 rings (SSSR count). The van der Waals surface area contributed by atoms with E-state index in [0.717, 1.165) is 11.5 Å². The number of hydrogen-bond donors (Lipinski definition) is 0. The lowest BCUT2D eigenvalue weighted by Gasteiger charge is -2.33. The largest absolute Gasteiger partial charge is 0.426 e. The topological polar surface area (TPSA) is 273 Å². The smallest absolute Gasteiger partial charge is 0.314 e. The maximum absolute atomic E-state index is 13.1. The molecule has 19 heteroatoms. The Balaban J connectivity index is 0.000000188. The van der Waals surface area contributed by atoms with Crippen LogP contribution >= 0.6 is 0 Å². The molecule has 2 aliphatic rings. The number of hydrogen-bond acceptors (Lipinski definition) is 14. The van der Waals surface area contributed by atoms with E-state index in [4.69, 9.17) is 10.00 Å². The van der Waals surface area contributed by atoms with Gasteiger partial charge in [0.05, 0.1) is 42.9 Å². The molecule has 0 spiro atoms. The Morgan fingerprint density at radius 2 is 1.30 bits per heavy atom. The van der Waals surface area contributed by atoms with Crippen molar-refractivity contribution in [2.45, 2.75) is 39.5 Å². The minimum atomic E-state index is -0.639. The van der Waals surface area contributed by atoms with Crippen molar-refractivity contribution in [1.82, 2.24) is 9.88 Å². The monoisotopic (exact) mass is 905 g/mol. The number of amides is 2. The summed E-state index contributed by atoms with van der Waals surface area (Å²) in [6.45, 7) is 3.50. The van der Waals surface area contributed by atoms with Crippen LogP contribution in [0, 0.1) is 77.5 Å². The van der Waals surface area contributed by atoms with Crippen LogP contribution in [0.15, 0.2) is 121 Å². The molecular formula is C48H39N7O12. The number of nitro groups is 4. The van der Waals surface area contributed by atoms with E-state index in [1.165, 1.54) is 47.4 Å². The molecule has 1 saturated carbocycles. The Kier molecular flexibility index (Phi) is 14.9. The summed E-state index contributed by atoms with van der Waals surface area (Å²) in [5.74, 6) is -0.800. The van der Waals surface area contributed by atoms with E-state index in [1.807, 2.05) is 24.3 Å². The number of nitro benzene ring substituents is 4. The Labute approximate surface area is 381 Å². The summed E-state index contributed by atoms with van der Waals surface area (Å²) in [5, 5.41) is 53.0. The van der Waals surface area contributed by atoms with Gasteiger partial charge >= 0.3 is 5.97 Å². The zero-order chi connectivity index (χ0) is 48.4. The second-order valence-corrected chi connectivity index (χ2v) is 15.5. The number of benzene rings is 5. The van der Waals surface area contributed by atoms with Crippen LogP contribution in [0.4, 0.5) is 22.7 Å². The first-order valence-corrected chi connectivity index (χ1v) is 20.6. The molecule has 6 aromatic rings. The third-order valence-electron chi connectivity index (χ3n) is 11.3. The third-order valence-corrected chi connectivity index (χ3v) is 11.3. The first-order valence-electron chi connectivity index (χ1n) is 20.6. The Morgan fingerprint density at radius 3 is 1.81 bits per heavy atom. The van der Waals surface area contributed by atoms with Crippen molar-refractivity contribution in [2.24, 2.45) is 11.8 Å². The number of pyridine rings is 1. The molecule has 1 aliphatic heterocycles. The van der Waals surface area contributed by atoms with Crippen molar-refractivity contribution in [3.05, 3.63) is 195 Å². The molecule has 338 valence electrons. The lowest BCUT2D eigenvalue weighted by atomic mass is 9.81.